The van der Waals surface area contributed by atoms with Crippen molar-refractivity contribution in [3.8, 4) is 5.75 Å². The van der Waals surface area contributed by atoms with Gasteiger partial charge in [-0.2, -0.15) is 0 Å². The van der Waals surface area contributed by atoms with Crippen LogP contribution in [0.2, 0.25) is 0 Å². The van der Waals surface area contributed by atoms with Gasteiger partial charge in [0, 0.05) is 18.2 Å². The summed E-state index contributed by atoms with van der Waals surface area (Å²) in [5.41, 5.74) is 3.70. The summed E-state index contributed by atoms with van der Waals surface area (Å²) in [4.78, 5) is 15.3. The summed E-state index contributed by atoms with van der Waals surface area (Å²) >= 11 is 0. The highest BCUT2D eigenvalue weighted by Crippen LogP contribution is 2.29. The highest BCUT2D eigenvalue weighted by atomic mass is 16.5. The van der Waals surface area contributed by atoms with Gasteiger partial charge in [0.1, 0.15) is 24.0 Å². The second-order valence-electron chi connectivity index (χ2n) is 7.36. The molecule has 0 radical (unpaired) electrons. The molecule has 0 bridgehead atoms. The molecule has 0 aliphatic carbocycles. The second kappa shape index (κ2) is 6.90. The topological polar surface area (TPSA) is 91.1 Å². The first-order chi connectivity index (χ1) is 12.9. The van der Waals surface area contributed by atoms with Crippen LogP contribution < -0.4 is 9.64 Å². The molecule has 1 aromatic heterocycles. The number of β-amino-alcohol motifs (C(OH)–C–C–N with tert-alkyl or cyclic N) is 1. The lowest BCUT2D eigenvalue weighted by atomic mass is 10.0. The minimum Gasteiger partial charge on any atom is -0.491 e. The van der Waals surface area contributed by atoms with Crippen molar-refractivity contribution in [1.29, 1.82) is 0 Å². The number of hydrogen-bond acceptors (Lipinski definition) is 7. The molecule has 142 valence electrons. The van der Waals surface area contributed by atoms with Gasteiger partial charge in [0.05, 0.1) is 36.2 Å². The number of ether oxygens (including phenoxy) is 1. The van der Waals surface area contributed by atoms with Crippen molar-refractivity contribution in [2.24, 2.45) is 4.99 Å². The SMILES string of the molecule is CC(C)Oc1ccc2c(c1)C(c1cc(N3C[C@H](O)[C@@H](O)[C@@H]3C)ncn1)=NC2. The van der Waals surface area contributed by atoms with Crippen molar-refractivity contribution in [1.82, 2.24) is 9.97 Å². The highest BCUT2D eigenvalue weighted by molar-refractivity contribution is 6.14. The molecule has 7 nitrogen and oxygen atoms in total. The van der Waals surface area contributed by atoms with Crippen molar-refractivity contribution in [3.63, 3.8) is 0 Å². The number of aliphatic imine (C=N–C) groups is 1. The molecule has 0 amide bonds. The van der Waals surface area contributed by atoms with Crippen molar-refractivity contribution in [2.45, 2.75) is 51.7 Å². The van der Waals surface area contributed by atoms with Crippen LogP contribution in [0, 0.1) is 0 Å². The average molecular weight is 368 g/mol. The Kier molecular flexibility index (Phi) is 4.57. The van der Waals surface area contributed by atoms with E-state index in [4.69, 9.17) is 4.74 Å². The zero-order valence-corrected chi connectivity index (χ0v) is 15.7. The number of nitrogens with zero attached hydrogens (tertiary/aromatic N) is 4. The van der Waals surface area contributed by atoms with Crippen molar-refractivity contribution >= 4 is 11.5 Å². The number of benzene rings is 1. The van der Waals surface area contributed by atoms with E-state index in [1.807, 2.05) is 49.9 Å². The van der Waals surface area contributed by atoms with Crippen LogP contribution in [0.5, 0.6) is 5.75 Å². The molecule has 27 heavy (non-hydrogen) atoms. The van der Waals surface area contributed by atoms with E-state index in [1.54, 1.807) is 0 Å². The highest BCUT2D eigenvalue weighted by Gasteiger charge is 2.37. The van der Waals surface area contributed by atoms with E-state index in [0.29, 0.717) is 18.9 Å². The van der Waals surface area contributed by atoms with Gasteiger partial charge in [-0.25, -0.2) is 9.97 Å². The lowest BCUT2D eigenvalue weighted by Gasteiger charge is -2.23. The van der Waals surface area contributed by atoms with Crippen LogP contribution in [0.1, 0.15) is 37.6 Å². The fourth-order valence-corrected chi connectivity index (χ4v) is 3.65. The molecule has 0 spiro atoms. The van der Waals surface area contributed by atoms with Gasteiger partial charge in [0.15, 0.2) is 0 Å². The van der Waals surface area contributed by atoms with Gasteiger partial charge in [-0.15, -0.1) is 0 Å². The van der Waals surface area contributed by atoms with E-state index in [1.165, 1.54) is 6.33 Å². The fraction of sp³-hybridized carbons (Fsp3) is 0.450. The summed E-state index contributed by atoms with van der Waals surface area (Å²) in [7, 11) is 0. The molecule has 1 saturated heterocycles. The predicted molar refractivity (Wildman–Crippen MR) is 102 cm³/mol. The van der Waals surface area contributed by atoms with Gasteiger partial charge in [0.2, 0.25) is 0 Å². The molecule has 3 heterocycles. The van der Waals surface area contributed by atoms with E-state index in [2.05, 4.69) is 15.0 Å². The minimum atomic E-state index is -0.788. The Labute approximate surface area is 158 Å². The van der Waals surface area contributed by atoms with E-state index in [9.17, 15) is 10.2 Å². The zero-order valence-electron chi connectivity index (χ0n) is 15.7. The van der Waals surface area contributed by atoms with E-state index in [0.717, 1.165) is 28.3 Å². The van der Waals surface area contributed by atoms with Gasteiger partial charge >= 0.3 is 0 Å². The monoisotopic (exact) mass is 368 g/mol. The van der Waals surface area contributed by atoms with Gasteiger partial charge in [-0.05, 0) is 38.5 Å². The maximum atomic E-state index is 10.0. The first kappa shape index (κ1) is 17.9. The van der Waals surface area contributed by atoms with Crippen molar-refractivity contribution in [2.75, 3.05) is 11.4 Å². The van der Waals surface area contributed by atoms with Crippen LogP contribution in [0.25, 0.3) is 0 Å². The Morgan fingerprint density at radius 3 is 2.70 bits per heavy atom. The maximum absolute atomic E-state index is 10.0. The first-order valence-electron chi connectivity index (χ1n) is 9.23. The van der Waals surface area contributed by atoms with Crippen LogP contribution in [0.3, 0.4) is 0 Å². The first-order valence-corrected chi connectivity index (χ1v) is 9.23. The smallest absolute Gasteiger partial charge is 0.133 e. The van der Waals surface area contributed by atoms with Gasteiger partial charge in [-0.3, -0.25) is 4.99 Å². The van der Waals surface area contributed by atoms with Crippen LogP contribution >= 0.6 is 0 Å². The summed E-state index contributed by atoms with van der Waals surface area (Å²) in [5.74, 6) is 1.49. The fourth-order valence-electron chi connectivity index (χ4n) is 3.65. The van der Waals surface area contributed by atoms with E-state index in [-0.39, 0.29) is 12.1 Å². The molecule has 0 unspecified atom stereocenters. The predicted octanol–water partition coefficient (Wildman–Crippen LogP) is 1.55. The summed E-state index contributed by atoms with van der Waals surface area (Å²) in [5, 5.41) is 20.0. The van der Waals surface area contributed by atoms with Crippen LogP contribution in [0.4, 0.5) is 5.82 Å². The number of aliphatic hydroxyl groups is 2. The Balaban J connectivity index is 1.65. The second-order valence-corrected chi connectivity index (χ2v) is 7.36. The van der Waals surface area contributed by atoms with Gasteiger partial charge in [-0.1, -0.05) is 6.07 Å². The lowest BCUT2D eigenvalue weighted by molar-refractivity contribution is 0.0438. The Bertz CT molecular complexity index is 883. The number of aromatic nitrogens is 2. The maximum Gasteiger partial charge on any atom is 0.133 e. The van der Waals surface area contributed by atoms with Gasteiger partial charge in [0.25, 0.3) is 0 Å². The number of anilines is 1. The normalized spacial score (nSPS) is 24.3. The molecule has 2 aromatic rings. The summed E-state index contributed by atoms with van der Waals surface area (Å²) in [6.07, 6.45) is 0.0381. The number of aliphatic hydroxyl groups excluding tert-OH is 2. The molecule has 1 aromatic carbocycles. The third-order valence-corrected chi connectivity index (χ3v) is 5.07. The molecule has 3 atom stereocenters. The zero-order chi connectivity index (χ0) is 19.1. The van der Waals surface area contributed by atoms with Crippen LogP contribution in [0.15, 0.2) is 35.6 Å². The van der Waals surface area contributed by atoms with E-state index < -0.39 is 12.2 Å². The molecule has 2 aliphatic rings. The molecular weight excluding hydrogens is 344 g/mol. The van der Waals surface area contributed by atoms with Crippen molar-refractivity contribution < 1.29 is 14.9 Å². The lowest BCUT2D eigenvalue weighted by Crippen LogP contribution is -2.33. The average Bonchev–Trinajstić information content (AvgIpc) is 3.17. The summed E-state index contributed by atoms with van der Waals surface area (Å²) < 4.78 is 5.81. The van der Waals surface area contributed by atoms with Crippen LogP contribution in [-0.4, -0.2) is 56.8 Å². The molecule has 1 fully saturated rings. The molecule has 2 N–H and O–H groups in total. The number of fused-ring (bicyclic) bond motifs is 1. The molecule has 4 rings (SSSR count). The quantitative estimate of drug-likeness (QED) is 0.851. The Morgan fingerprint density at radius 1 is 1.19 bits per heavy atom. The largest absolute Gasteiger partial charge is 0.491 e. The summed E-state index contributed by atoms with van der Waals surface area (Å²) in [6, 6.07) is 7.67. The van der Waals surface area contributed by atoms with E-state index >= 15 is 0 Å². The third kappa shape index (κ3) is 3.28. The van der Waals surface area contributed by atoms with Crippen LogP contribution in [-0.2, 0) is 6.54 Å². The van der Waals surface area contributed by atoms with Crippen molar-refractivity contribution in [3.05, 3.63) is 47.4 Å². The molecule has 0 saturated carbocycles. The molecular formula is C20H24N4O3. The summed E-state index contributed by atoms with van der Waals surface area (Å²) in [6.45, 7) is 6.83. The minimum absolute atomic E-state index is 0.102. The third-order valence-electron chi connectivity index (χ3n) is 5.07. The Hall–Kier alpha value is -2.51. The molecule has 7 heteroatoms. The number of hydrogen-bond donors (Lipinski definition) is 2. The number of rotatable bonds is 4. The molecule has 2 aliphatic heterocycles. The Morgan fingerprint density at radius 2 is 2.00 bits per heavy atom. The standard InChI is InChI=1S/C20H24N4O3/c1-11(2)27-14-5-4-13-8-21-19(15(13)6-14)16-7-18(23-10-22-16)24-9-17(25)20(26)12(24)3/h4-7,10-12,17,20,25-26H,8-9H2,1-3H3/t12-,17-,20-/m0/s1. The van der Waals surface area contributed by atoms with Gasteiger partial charge < -0.3 is 19.8 Å².